The lowest BCUT2D eigenvalue weighted by Gasteiger charge is -2.28. The summed E-state index contributed by atoms with van der Waals surface area (Å²) in [6.45, 7) is 4.69. The number of carbonyl (C=O) groups excluding carboxylic acids is 1. The molecule has 0 saturated carbocycles. The summed E-state index contributed by atoms with van der Waals surface area (Å²) < 4.78 is 5.40. The van der Waals surface area contributed by atoms with Gasteiger partial charge in [0.05, 0.1) is 6.04 Å². The van der Waals surface area contributed by atoms with Crippen molar-refractivity contribution in [3.63, 3.8) is 0 Å². The maximum atomic E-state index is 12.4. The van der Waals surface area contributed by atoms with Crippen LogP contribution in [0.15, 0.2) is 60.7 Å². The lowest BCUT2D eigenvalue weighted by atomic mass is 9.90. The van der Waals surface area contributed by atoms with Crippen LogP contribution in [-0.2, 0) is 11.3 Å². The van der Waals surface area contributed by atoms with Crippen LogP contribution in [-0.4, -0.2) is 34.3 Å². The highest BCUT2D eigenvalue weighted by molar-refractivity contribution is 5.68. The van der Waals surface area contributed by atoms with Crippen molar-refractivity contribution in [1.29, 1.82) is 0 Å². The smallest absolute Gasteiger partial charge is 0.407 e. The van der Waals surface area contributed by atoms with Crippen LogP contribution in [0.2, 0.25) is 0 Å². The Balaban J connectivity index is 1.59. The highest BCUT2D eigenvalue weighted by Gasteiger charge is 2.41. The minimum atomic E-state index is -0.871. The summed E-state index contributed by atoms with van der Waals surface area (Å²) in [7, 11) is 0. The first-order valence-electron chi connectivity index (χ1n) is 10.4. The second-order valence-corrected chi connectivity index (χ2v) is 8.52. The summed E-state index contributed by atoms with van der Waals surface area (Å²) in [5, 5.41) is 12.4. The molecule has 1 aliphatic heterocycles. The van der Waals surface area contributed by atoms with Gasteiger partial charge in [-0.25, -0.2) is 9.59 Å². The third kappa shape index (κ3) is 5.75. The van der Waals surface area contributed by atoms with Gasteiger partial charge >= 0.3 is 12.2 Å². The molecule has 0 bridgehead atoms. The Morgan fingerprint density at radius 1 is 1.13 bits per heavy atom. The zero-order valence-corrected chi connectivity index (χ0v) is 17.6. The molecule has 30 heavy (non-hydrogen) atoms. The molecule has 6 nitrogen and oxygen atoms in total. The predicted octanol–water partition coefficient (Wildman–Crippen LogP) is 5.21. The standard InChI is InChI=1S/C24H30N2O4/c1-24(2)15-19(16-26(24)23(28)29)13-14-21(20-11-7-4-8-12-20)25-22(27)30-17-18-9-5-3-6-10-18/h3-12,19,21H,13-17H2,1-2H3,(H,25,27)(H,28,29). The second kappa shape index (κ2) is 9.65. The van der Waals surface area contributed by atoms with E-state index >= 15 is 0 Å². The van der Waals surface area contributed by atoms with Crippen LogP contribution in [0, 0.1) is 5.92 Å². The quantitative estimate of drug-likeness (QED) is 0.656. The molecule has 0 aromatic heterocycles. The largest absolute Gasteiger partial charge is 0.465 e. The van der Waals surface area contributed by atoms with Gasteiger partial charge in [0.1, 0.15) is 6.61 Å². The van der Waals surface area contributed by atoms with E-state index in [4.69, 9.17) is 4.74 Å². The highest BCUT2D eigenvalue weighted by Crippen LogP contribution is 2.36. The van der Waals surface area contributed by atoms with Crippen LogP contribution in [0.1, 0.15) is 50.3 Å². The number of benzene rings is 2. The molecular formula is C24H30N2O4. The topological polar surface area (TPSA) is 78.9 Å². The van der Waals surface area contributed by atoms with E-state index in [0.717, 1.165) is 30.4 Å². The minimum absolute atomic E-state index is 0.184. The molecule has 2 atom stereocenters. The molecule has 2 amide bonds. The lowest BCUT2D eigenvalue weighted by Crippen LogP contribution is -2.41. The Hall–Kier alpha value is -3.02. The second-order valence-electron chi connectivity index (χ2n) is 8.52. The zero-order chi connectivity index (χ0) is 21.6. The summed E-state index contributed by atoms with van der Waals surface area (Å²) in [5.41, 5.74) is 1.59. The maximum Gasteiger partial charge on any atom is 0.407 e. The number of nitrogens with zero attached hydrogens (tertiary/aromatic N) is 1. The summed E-state index contributed by atoms with van der Waals surface area (Å²) in [6.07, 6.45) is 1.04. The fourth-order valence-electron chi connectivity index (χ4n) is 4.23. The van der Waals surface area contributed by atoms with Gasteiger partial charge in [0.25, 0.3) is 0 Å². The molecule has 6 heteroatoms. The first kappa shape index (κ1) is 21.7. The third-order valence-corrected chi connectivity index (χ3v) is 5.76. The Kier molecular flexibility index (Phi) is 6.98. The van der Waals surface area contributed by atoms with E-state index in [1.807, 2.05) is 74.5 Å². The summed E-state index contributed by atoms with van der Waals surface area (Å²) in [4.78, 5) is 25.5. The molecule has 2 aromatic carbocycles. The third-order valence-electron chi connectivity index (χ3n) is 5.76. The van der Waals surface area contributed by atoms with Gasteiger partial charge in [-0.05, 0) is 50.2 Å². The van der Waals surface area contributed by atoms with Crippen molar-refractivity contribution in [3.8, 4) is 0 Å². The van der Waals surface area contributed by atoms with Crippen molar-refractivity contribution in [1.82, 2.24) is 10.2 Å². The molecule has 1 heterocycles. The Bertz CT molecular complexity index is 839. The van der Waals surface area contributed by atoms with Crippen LogP contribution in [0.3, 0.4) is 0 Å². The van der Waals surface area contributed by atoms with Crippen molar-refractivity contribution in [3.05, 3.63) is 71.8 Å². The lowest BCUT2D eigenvalue weighted by molar-refractivity contribution is 0.117. The van der Waals surface area contributed by atoms with Gasteiger partial charge in [-0.3, -0.25) is 0 Å². The molecule has 1 saturated heterocycles. The minimum Gasteiger partial charge on any atom is -0.465 e. The molecule has 1 fully saturated rings. The van der Waals surface area contributed by atoms with Crippen LogP contribution < -0.4 is 5.32 Å². The normalized spacial score (nSPS) is 18.6. The number of ether oxygens (including phenoxy) is 1. The zero-order valence-electron chi connectivity index (χ0n) is 17.6. The van der Waals surface area contributed by atoms with E-state index in [0.29, 0.717) is 6.54 Å². The van der Waals surface area contributed by atoms with Crippen LogP contribution in [0.4, 0.5) is 9.59 Å². The van der Waals surface area contributed by atoms with E-state index in [1.165, 1.54) is 4.90 Å². The number of carbonyl (C=O) groups is 2. The molecule has 0 radical (unpaired) electrons. The molecule has 0 spiro atoms. The van der Waals surface area contributed by atoms with Crippen molar-refractivity contribution < 1.29 is 19.4 Å². The fourth-order valence-corrected chi connectivity index (χ4v) is 4.23. The van der Waals surface area contributed by atoms with E-state index in [2.05, 4.69) is 5.32 Å². The molecule has 2 unspecified atom stereocenters. The van der Waals surface area contributed by atoms with Gasteiger partial charge in [0.2, 0.25) is 0 Å². The average molecular weight is 411 g/mol. The molecule has 2 aromatic rings. The van der Waals surface area contributed by atoms with Crippen molar-refractivity contribution in [2.24, 2.45) is 5.92 Å². The van der Waals surface area contributed by atoms with E-state index in [1.54, 1.807) is 0 Å². The van der Waals surface area contributed by atoms with Crippen LogP contribution in [0.5, 0.6) is 0 Å². The Morgan fingerprint density at radius 3 is 2.37 bits per heavy atom. The van der Waals surface area contributed by atoms with Crippen molar-refractivity contribution in [2.75, 3.05) is 6.54 Å². The average Bonchev–Trinajstić information content (AvgIpc) is 3.05. The Morgan fingerprint density at radius 2 is 1.77 bits per heavy atom. The fraction of sp³-hybridized carbons (Fsp3) is 0.417. The number of carboxylic acid groups (broad SMARTS) is 1. The first-order valence-corrected chi connectivity index (χ1v) is 10.4. The molecule has 2 N–H and O–H groups in total. The van der Waals surface area contributed by atoms with E-state index < -0.39 is 12.2 Å². The number of nitrogens with one attached hydrogen (secondary N) is 1. The maximum absolute atomic E-state index is 12.4. The molecule has 1 aliphatic rings. The summed E-state index contributed by atoms with van der Waals surface area (Å²) >= 11 is 0. The predicted molar refractivity (Wildman–Crippen MR) is 115 cm³/mol. The monoisotopic (exact) mass is 410 g/mol. The summed E-state index contributed by atoms with van der Waals surface area (Å²) in [6, 6.07) is 19.2. The molecule has 160 valence electrons. The van der Waals surface area contributed by atoms with Gasteiger partial charge in [-0.1, -0.05) is 60.7 Å². The van der Waals surface area contributed by atoms with Gasteiger partial charge in [-0.2, -0.15) is 0 Å². The molecule has 3 rings (SSSR count). The van der Waals surface area contributed by atoms with Gasteiger partial charge in [-0.15, -0.1) is 0 Å². The number of hydrogen-bond donors (Lipinski definition) is 2. The molecule has 0 aliphatic carbocycles. The van der Waals surface area contributed by atoms with Crippen molar-refractivity contribution in [2.45, 2.75) is 51.3 Å². The number of alkyl carbamates (subject to hydrolysis) is 1. The van der Waals surface area contributed by atoms with Crippen LogP contribution >= 0.6 is 0 Å². The van der Waals surface area contributed by atoms with Crippen LogP contribution in [0.25, 0.3) is 0 Å². The van der Waals surface area contributed by atoms with Gasteiger partial charge in [0, 0.05) is 12.1 Å². The number of likely N-dealkylation sites (tertiary alicyclic amines) is 1. The van der Waals surface area contributed by atoms with E-state index in [9.17, 15) is 14.7 Å². The first-order chi connectivity index (χ1) is 14.3. The summed E-state index contributed by atoms with van der Waals surface area (Å²) in [5.74, 6) is 0.268. The van der Waals surface area contributed by atoms with Gasteiger partial charge < -0.3 is 20.1 Å². The number of rotatable bonds is 7. The Labute approximate surface area is 177 Å². The molecular weight excluding hydrogens is 380 g/mol. The number of hydrogen-bond acceptors (Lipinski definition) is 3. The van der Waals surface area contributed by atoms with Gasteiger partial charge in [0.15, 0.2) is 0 Å². The van der Waals surface area contributed by atoms with E-state index in [-0.39, 0.29) is 24.1 Å². The number of amides is 2. The SMILES string of the molecule is CC1(C)CC(CCC(NC(=O)OCc2ccccc2)c2ccccc2)CN1C(=O)O. The van der Waals surface area contributed by atoms with Crippen molar-refractivity contribution >= 4 is 12.2 Å². The highest BCUT2D eigenvalue weighted by atomic mass is 16.5.